The van der Waals surface area contributed by atoms with Crippen molar-refractivity contribution in [2.75, 3.05) is 46.0 Å². The monoisotopic (exact) mass is 354 g/mol. The standard InChI is InChI=1S/C20H26N4O2/c1-2-6-22-19(3-1)14-24-10-12-26-20(16-24)15-23(9-11-25-17-20)13-18-4-7-21-8-5-18/h1-8H,9-17H2. The topological polar surface area (TPSA) is 50.7 Å². The summed E-state index contributed by atoms with van der Waals surface area (Å²) in [4.78, 5) is 13.4. The lowest BCUT2D eigenvalue weighted by atomic mass is 10.0. The first kappa shape index (κ1) is 17.5. The van der Waals surface area contributed by atoms with Gasteiger partial charge in [0.05, 0.1) is 25.5 Å². The SMILES string of the molecule is c1ccc(CN2CCOC3(COCCN(Cc4ccncc4)C3)C2)nc1. The lowest BCUT2D eigenvalue weighted by molar-refractivity contribution is -0.143. The van der Waals surface area contributed by atoms with Crippen LogP contribution in [0.4, 0.5) is 0 Å². The number of pyridine rings is 2. The fourth-order valence-corrected chi connectivity index (χ4v) is 3.83. The van der Waals surface area contributed by atoms with Crippen molar-refractivity contribution in [3.8, 4) is 0 Å². The lowest BCUT2D eigenvalue weighted by Gasteiger charge is -2.43. The molecule has 6 heteroatoms. The van der Waals surface area contributed by atoms with Gasteiger partial charge in [-0.1, -0.05) is 6.07 Å². The van der Waals surface area contributed by atoms with E-state index in [1.165, 1.54) is 5.56 Å². The summed E-state index contributed by atoms with van der Waals surface area (Å²) in [6.07, 6.45) is 5.56. The first-order valence-electron chi connectivity index (χ1n) is 9.27. The van der Waals surface area contributed by atoms with Crippen LogP contribution in [0.5, 0.6) is 0 Å². The van der Waals surface area contributed by atoms with Gasteiger partial charge in [0.15, 0.2) is 0 Å². The number of rotatable bonds is 4. The van der Waals surface area contributed by atoms with Crippen LogP contribution in [0, 0.1) is 0 Å². The van der Waals surface area contributed by atoms with E-state index in [1.807, 2.05) is 30.7 Å². The molecular weight excluding hydrogens is 328 g/mol. The Morgan fingerprint density at radius 3 is 2.54 bits per heavy atom. The van der Waals surface area contributed by atoms with Crippen LogP contribution in [0.25, 0.3) is 0 Å². The summed E-state index contributed by atoms with van der Waals surface area (Å²) in [5, 5.41) is 0. The van der Waals surface area contributed by atoms with Gasteiger partial charge in [0.2, 0.25) is 0 Å². The zero-order chi connectivity index (χ0) is 17.7. The second-order valence-electron chi connectivity index (χ2n) is 7.18. The van der Waals surface area contributed by atoms with E-state index >= 15 is 0 Å². The zero-order valence-electron chi connectivity index (χ0n) is 15.1. The van der Waals surface area contributed by atoms with Gasteiger partial charge in [-0.05, 0) is 29.8 Å². The maximum absolute atomic E-state index is 6.28. The Morgan fingerprint density at radius 2 is 1.73 bits per heavy atom. The van der Waals surface area contributed by atoms with Crippen LogP contribution < -0.4 is 0 Å². The molecular formula is C20H26N4O2. The van der Waals surface area contributed by atoms with E-state index < -0.39 is 0 Å². The number of aromatic nitrogens is 2. The summed E-state index contributed by atoms with van der Waals surface area (Å²) in [6.45, 7) is 7.50. The summed E-state index contributed by atoms with van der Waals surface area (Å²) in [7, 11) is 0. The van der Waals surface area contributed by atoms with E-state index in [2.05, 4.69) is 38.0 Å². The summed E-state index contributed by atoms with van der Waals surface area (Å²) < 4.78 is 12.2. The van der Waals surface area contributed by atoms with E-state index in [0.29, 0.717) is 6.61 Å². The third-order valence-electron chi connectivity index (χ3n) is 5.02. The third kappa shape index (κ3) is 4.45. The highest BCUT2D eigenvalue weighted by Gasteiger charge is 2.40. The van der Waals surface area contributed by atoms with Crippen molar-refractivity contribution < 1.29 is 9.47 Å². The highest BCUT2D eigenvalue weighted by atomic mass is 16.5. The van der Waals surface area contributed by atoms with E-state index in [1.54, 1.807) is 0 Å². The summed E-state index contributed by atoms with van der Waals surface area (Å²) in [5.41, 5.74) is 2.11. The highest BCUT2D eigenvalue weighted by molar-refractivity contribution is 5.10. The minimum atomic E-state index is -0.267. The Balaban J connectivity index is 1.43. The minimum Gasteiger partial charge on any atom is -0.377 e. The van der Waals surface area contributed by atoms with Gasteiger partial charge >= 0.3 is 0 Å². The molecule has 2 aliphatic rings. The molecule has 4 heterocycles. The molecule has 1 spiro atoms. The van der Waals surface area contributed by atoms with E-state index in [-0.39, 0.29) is 5.60 Å². The van der Waals surface area contributed by atoms with Crippen molar-refractivity contribution in [3.63, 3.8) is 0 Å². The Hall–Kier alpha value is -1.86. The second kappa shape index (κ2) is 8.22. The summed E-state index contributed by atoms with van der Waals surface area (Å²) >= 11 is 0. The van der Waals surface area contributed by atoms with Gasteiger partial charge < -0.3 is 9.47 Å². The molecule has 0 aliphatic carbocycles. The molecule has 26 heavy (non-hydrogen) atoms. The third-order valence-corrected chi connectivity index (χ3v) is 5.02. The normalized spacial score (nSPS) is 25.2. The molecule has 2 aliphatic heterocycles. The van der Waals surface area contributed by atoms with Crippen LogP contribution in [-0.2, 0) is 22.6 Å². The average molecular weight is 354 g/mol. The van der Waals surface area contributed by atoms with Gasteiger partial charge in [-0.15, -0.1) is 0 Å². The lowest BCUT2D eigenvalue weighted by Crippen LogP contribution is -2.58. The molecule has 0 bridgehead atoms. The van der Waals surface area contributed by atoms with Gasteiger partial charge in [-0.25, -0.2) is 0 Å². The smallest absolute Gasteiger partial charge is 0.117 e. The molecule has 0 amide bonds. The number of nitrogens with zero attached hydrogens (tertiary/aromatic N) is 4. The molecule has 0 saturated carbocycles. The maximum Gasteiger partial charge on any atom is 0.117 e. The van der Waals surface area contributed by atoms with E-state index in [9.17, 15) is 0 Å². The van der Waals surface area contributed by atoms with Crippen molar-refractivity contribution in [2.45, 2.75) is 18.7 Å². The average Bonchev–Trinajstić information content (AvgIpc) is 2.85. The van der Waals surface area contributed by atoms with Crippen molar-refractivity contribution in [1.82, 2.24) is 19.8 Å². The van der Waals surface area contributed by atoms with Crippen LogP contribution in [0.2, 0.25) is 0 Å². The van der Waals surface area contributed by atoms with Gasteiger partial charge in [0.1, 0.15) is 5.60 Å². The van der Waals surface area contributed by atoms with Crippen molar-refractivity contribution in [1.29, 1.82) is 0 Å². The van der Waals surface area contributed by atoms with Crippen molar-refractivity contribution >= 4 is 0 Å². The van der Waals surface area contributed by atoms with Crippen LogP contribution in [-0.4, -0.2) is 71.4 Å². The fourth-order valence-electron chi connectivity index (χ4n) is 3.83. The first-order valence-corrected chi connectivity index (χ1v) is 9.27. The van der Waals surface area contributed by atoms with Crippen LogP contribution in [0.15, 0.2) is 48.9 Å². The second-order valence-corrected chi connectivity index (χ2v) is 7.18. The van der Waals surface area contributed by atoms with Crippen molar-refractivity contribution in [3.05, 3.63) is 60.2 Å². The fraction of sp³-hybridized carbons (Fsp3) is 0.500. The van der Waals surface area contributed by atoms with Crippen molar-refractivity contribution in [2.24, 2.45) is 0 Å². The quantitative estimate of drug-likeness (QED) is 0.831. The largest absolute Gasteiger partial charge is 0.377 e. The van der Waals surface area contributed by atoms with Gasteiger partial charge in [0, 0.05) is 57.9 Å². The highest BCUT2D eigenvalue weighted by Crippen LogP contribution is 2.24. The molecule has 0 aromatic carbocycles. The molecule has 1 atom stereocenters. The zero-order valence-corrected chi connectivity index (χ0v) is 15.1. The molecule has 2 fully saturated rings. The molecule has 2 aromatic rings. The Kier molecular flexibility index (Phi) is 5.55. The first-order chi connectivity index (χ1) is 12.8. The number of hydrogen-bond acceptors (Lipinski definition) is 6. The number of hydrogen-bond donors (Lipinski definition) is 0. The molecule has 4 rings (SSSR count). The van der Waals surface area contributed by atoms with E-state index in [4.69, 9.17) is 9.47 Å². The minimum absolute atomic E-state index is 0.267. The molecule has 6 nitrogen and oxygen atoms in total. The van der Waals surface area contributed by atoms with Gasteiger partial charge in [-0.3, -0.25) is 19.8 Å². The molecule has 0 N–H and O–H groups in total. The predicted octanol–water partition coefficient (Wildman–Crippen LogP) is 1.58. The van der Waals surface area contributed by atoms with Crippen LogP contribution in [0.1, 0.15) is 11.3 Å². The predicted molar refractivity (Wildman–Crippen MR) is 98.5 cm³/mol. The summed E-state index contributed by atoms with van der Waals surface area (Å²) in [6, 6.07) is 10.2. The molecule has 138 valence electrons. The summed E-state index contributed by atoms with van der Waals surface area (Å²) in [5.74, 6) is 0. The van der Waals surface area contributed by atoms with Gasteiger partial charge in [-0.2, -0.15) is 0 Å². The molecule has 0 radical (unpaired) electrons. The van der Waals surface area contributed by atoms with Gasteiger partial charge in [0.25, 0.3) is 0 Å². The Bertz CT molecular complexity index is 685. The van der Waals surface area contributed by atoms with Crippen LogP contribution in [0.3, 0.4) is 0 Å². The number of ether oxygens (including phenoxy) is 2. The van der Waals surface area contributed by atoms with E-state index in [0.717, 1.165) is 58.2 Å². The molecule has 2 saturated heterocycles. The Morgan fingerprint density at radius 1 is 0.923 bits per heavy atom. The maximum atomic E-state index is 6.28. The number of morpholine rings is 1. The Labute approximate surface area is 154 Å². The molecule has 1 unspecified atom stereocenters. The molecule has 2 aromatic heterocycles. The van der Waals surface area contributed by atoms with Crippen LogP contribution >= 0.6 is 0 Å².